The zero-order valence-electron chi connectivity index (χ0n) is 26.7. The highest BCUT2D eigenvalue weighted by molar-refractivity contribution is 7.22. The van der Waals surface area contributed by atoms with Gasteiger partial charge in [-0.15, -0.1) is 0 Å². The zero-order valence-corrected chi connectivity index (χ0v) is 27.5. The highest BCUT2D eigenvalue weighted by Gasteiger charge is 2.18. The Morgan fingerprint density at radius 1 is 0.918 bits per heavy atom. The number of rotatable bonds is 15. The van der Waals surface area contributed by atoms with Gasteiger partial charge in [-0.25, -0.2) is 19.4 Å². The number of fused-ring (bicyclic) bond motifs is 1. The average molecular weight is 676 g/mol. The van der Waals surface area contributed by atoms with Gasteiger partial charge in [0.25, 0.3) is 6.29 Å². The molecule has 0 aliphatic rings. The van der Waals surface area contributed by atoms with Crippen molar-refractivity contribution in [2.45, 2.75) is 26.1 Å². The Morgan fingerprint density at radius 2 is 1.65 bits per heavy atom. The monoisotopic (exact) mass is 675 g/mol. The SMILES string of the molecule is C=CC(=O)OCC(OC(=O)C=C)Oc1ccc(C(=O)Oc2ccc(-c3ccc(CCC)cc3)cc2/C=N/Nc2nc3ccccc3s2)cc1. The summed E-state index contributed by atoms with van der Waals surface area (Å²) in [6.45, 7) is 8.44. The molecule has 0 aliphatic heterocycles. The van der Waals surface area contributed by atoms with Crippen molar-refractivity contribution in [1.82, 2.24) is 4.98 Å². The minimum Gasteiger partial charge on any atom is -0.455 e. The lowest BCUT2D eigenvalue weighted by atomic mass is 10.0. The molecular formula is C38H33N3O7S. The summed E-state index contributed by atoms with van der Waals surface area (Å²) in [5, 5.41) is 5.03. The van der Waals surface area contributed by atoms with Crippen LogP contribution in [0.2, 0.25) is 0 Å². The van der Waals surface area contributed by atoms with Crippen LogP contribution in [0.25, 0.3) is 21.3 Å². The summed E-state index contributed by atoms with van der Waals surface area (Å²) in [6.07, 6.45) is 4.33. The molecule has 1 unspecified atom stereocenters. The molecule has 11 heteroatoms. The first-order valence-electron chi connectivity index (χ1n) is 15.3. The van der Waals surface area contributed by atoms with Crippen LogP contribution in [0.4, 0.5) is 5.13 Å². The number of thiazole rings is 1. The molecule has 49 heavy (non-hydrogen) atoms. The molecule has 0 spiro atoms. The van der Waals surface area contributed by atoms with Crippen molar-refractivity contribution < 1.29 is 33.3 Å². The van der Waals surface area contributed by atoms with Gasteiger partial charge in [0.2, 0.25) is 5.13 Å². The molecule has 0 saturated carbocycles. The quantitative estimate of drug-likeness (QED) is 0.0296. The van der Waals surface area contributed by atoms with Gasteiger partial charge in [0, 0.05) is 17.7 Å². The van der Waals surface area contributed by atoms with Crippen molar-refractivity contribution in [2.24, 2.45) is 5.10 Å². The summed E-state index contributed by atoms with van der Waals surface area (Å²) < 4.78 is 22.6. The first kappa shape index (κ1) is 34.3. The van der Waals surface area contributed by atoms with Gasteiger partial charge >= 0.3 is 17.9 Å². The van der Waals surface area contributed by atoms with Crippen LogP contribution >= 0.6 is 11.3 Å². The maximum atomic E-state index is 13.3. The molecule has 1 aromatic heterocycles. The largest absolute Gasteiger partial charge is 0.455 e. The summed E-state index contributed by atoms with van der Waals surface area (Å²) in [7, 11) is 0. The fourth-order valence-corrected chi connectivity index (χ4v) is 5.43. The smallest absolute Gasteiger partial charge is 0.343 e. The van der Waals surface area contributed by atoms with Crippen molar-refractivity contribution in [3.8, 4) is 22.6 Å². The first-order valence-corrected chi connectivity index (χ1v) is 16.2. The van der Waals surface area contributed by atoms with Gasteiger partial charge in [-0.1, -0.05) is 80.3 Å². The van der Waals surface area contributed by atoms with E-state index >= 15 is 0 Å². The Bertz CT molecular complexity index is 1950. The number of hydrogen-bond acceptors (Lipinski definition) is 11. The predicted molar refractivity (Wildman–Crippen MR) is 190 cm³/mol. The van der Waals surface area contributed by atoms with Gasteiger partial charge in [0.15, 0.2) is 6.61 Å². The molecule has 1 heterocycles. The number of aryl methyl sites for hydroxylation is 1. The van der Waals surface area contributed by atoms with Gasteiger partial charge in [-0.05, 0) is 71.6 Å². The minimum atomic E-state index is -1.26. The van der Waals surface area contributed by atoms with Crippen LogP contribution in [0.15, 0.2) is 121 Å². The summed E-state index contributed by atoms with van der Waals surface area (Å²) in [4.78, 5) is 41.0. The number of aromatic nitrogens is 1. The van der Waals surface area contributed by atoms with Gasteiger partial charge in [-0.3, -0.25) is 5.43 Å². The number of esters is 3. The first-order chi connectivity index (χ1) is 23.8. The number of carbonyl (C=O) groups is 3. The third kappa shape index (κ3) is 9.49. The topological polar surface area (TPSA) is 125 Å². The number of hydrazone groups is 1. The van der Waals surface area contributed by atoms with Crippen molar-refractivity contribution in [3.05, 3.63) is 133 Å². The van der Waals surface area contributed by atoms with Gasteiger partial charge in [0.1, 0.15) is 11.5 Å². The molecule has 10 nitrogen and oxygen atoms in total. The van der Waals surface area contributed by atoms with Crippen LogP contribution in [0.3, 0.4) is 0 Å². The van der Waals surface area contributed by atoms with Gasteiger partial charge < -0.3 is 18.9 Å². The third-order valence-electron chi connectivity index (χ3n) is 7.00. The standard InChI is InChI=1S/C38H33N3O7S/c1-4-9-25-12-14-26(15-13-25)28-18-21-32(29(22-28)23-39-41-38-40-31-10-7-8-11-33(31)49-38)47-37(44)27-16-19-30(20-17-27)46-36(48-35(43)6-3)24-45-34(42)5-2/h5-8,10-23,36H,2-4,9,24H2,1H3,(H,40,41)/b39-23+. The number of para-hydroxylation sites is 1. The summed E-state index contributed by atoms with van der Waals surface area (Å²) in [5.74, 6) is -1.56. The van der Waals surface area contributed by atoms with E-state index in [-0.39, 0.29) is 17.9 Å². The van der Waals surface area contributed by atoms with Crippen molar-refractivity contribution in [3.63, 3.8) is 0 Å². The van der Waals surface area contributed by atoms with E-state index in [2.05, 4.69) is 59.9 Å². The fraction of sp³-hybridized carbons (Fsp3) is 0.132. The van der Waals surface area contributed by atoms with Crippen LogP contribution in [0.5, 0.6) is 11.5 Å². The van der Waals surface area contributed by atoms with Crippen molar-refractivity contribution in [1.29, 1.82) is 0 Å². The van der Waals surface area contributed by atoms with E-state index in [0.717, 1.165) is 46.3 Å². The lowest BCUT2D eigenvalue weighted by Crippen LogP contribution is -2.29. The van der Waals surface area contributed by atoms with E-state index in [4.69, 9.17) is 18.9 Å². The molecule has 248 valence electrons. The number of carbonyl (C=O) groups excluding carboxylic acids is 3. The van der Waals surface area contributed by atoms with Crippen molar-refractivity contribution in [2.75, 3.05) is 12.0 Å². The molecule has 1 N–H and O–H groups in total. The Morgan fingerprint density at radius 3 is 2.37 bits per heavy atom. The fourth-order valence-electron chi connectivity index (χ4n) is 4.61. The number of hydrogen-bond donors (Lipinski definition) is 1. The molecular weight excluding hydrogens is 642 g/mol. The Hall–Kier alpha value is -6.07. The van der Waals surface area contributed by atoms with Crippen molar-refractivity contribution >= 4 is 50.8 Å². The molecule has 0 amide bonds. The lowest BCUT2D eigenvalue weighted by molar-refractivity contribution is -0.170. The van der Waals surface area contributed by atoms with Crippen LogP contribution in [0.1, 0.15) is 34.8 Å². The molecule has 4 aromatic carbocycles. The van der Waals surface area contributed by atoms with E-state index in [1.54, 1.807) is 12.3 Å². The molecule has 5 aromatic rings. The number of nitrogens with one attached hydrogen (secondary N) is 1. The summed E-state index contributed by atoms with van der Waals surface area (Å²) >= 11 is 1.48. The third-order valence-corrected chi connectivity index (χ3v) is 7.94. The highest BCUT2D eigenvalue weighted by Crippen LogP contribution is 2.29. The van der Waals surface area contributed by atoms with E-state index in [1.165, 1.54) is 41.2 Å². The molecule has 0 saturated heterocycles. The van der Waals surface area contributed by atoms with Crippen LogP contribution in [-0.4, -0.2) is 42.0 Å². The van der Waals surface area contributed by atoms with Crippen LogP contribution < -0.4 is 14.9 Å². The number of anilines is 1. The molecule has 0 radical (unpaired) electrons. The Labute approximate surface area is 287 Å². The molecule has 5 rings (SSSR count). The van der Waals surface area contributed by atoms with Gasteiger partial charge in [-0.2, -0.15) is 5.10 Å². The predicted octanol–water partition coefficient (Wildman–Crippen LogP) is 7.74. The Balaban J connectivity index is 1.33. The molecule has 0 aliphatic carbocycles. The van der Waals surface area contributed by atoms with E-state index in [1.807, 2.05) is 36.4 Å². The summed E-state index contributed by atoms with van der Waals surface area (Å²) in [5.41, 5.74) is 7.86. The van der Waals surface area contributed by atoms with Crippen LogP contribution in [0, 0.1) is 0 Å². The maximum Gasteiger partial charge on any atom is 0.343 e. The zero-order chi connectivity index (χ0) is 34.6. The normalized spacial score (nSPS) is 11.4. The average Bonchev–Trinajstić information content (AvgIpc) is 3.54. The van der Waals surface area contributed by atoms with E-state index in [0.29, 0.717) is 16.4 Å². The van der Waals surface area contributed by atoms with E-state index in [9.17, 15) is 14.4 Å². The molecule has 0 fully saturated rings. The Kier molecular flexibility index (Phi) is 11.7. The molecule has 0 bridgehead atoms. The second-order valence-corrected chi connectivity index (χ2v) is 11.5. The number of nitrogens with zero attached hydrogens (tertiary/aromatic N) is 2. The van der Waals surface area contributed by atoms with Gasteiger partial charge in [0.05, 0.1) is 22.0 Å². The number of benzene rings is 4. The lowest BCUT2D eigenvalue weighted by Gasteiger charge is -2.18. The number of ether oxygens (including phenoxy) is 4. The van der Waals surface area contributed by atoms with E-state index < -0.39 is 24.2 Å². The van der Waals surface area contributed by atoms with Crippen LogP contribution in [-0.2, 0) is 25.5 Å². The second-order valence-electron chi connectivity index (χ2n) is 10.5. The summed E-state index contributed by atoms with van der Waals surface area (Å²) in [6, 6.07) is 27.7. The highest BCUT2D eigenvalue weighted by atomic mass is 32.1. The second kappa shape index (κ2) is 16.7. The minimum absolute atomic E-state index is 0.233. The molecule has 1 atom stereocenters. The maximum absolute atomic E-state index is 13.3.